The molecule has 2 N–H and O–H groups in total. The second kappa shape index (κ2) is 4.63. The van der Waals surface area contributed by atoms with Gasteiger partial charge in [-0.25, -0.2) is 0 Å². The summed E-state index contributed by atoms with van der Waals surface area (Å²) in [7, 11) is 0. The van der Waals surface area contributed by atoms with Gasteiger partial charge in [0.1, 0.15) is 4.88 Å². The van der Waals surface area contributed by atoms with E-state index in [1.54, 1.807) is 11.3 Å². The summed E-state index contributed by atoms with van der Waals surface area (Å²) in [6, 6.07) is 1.87. The molecule has 4 nitrogen and oxygen atoms in total. The summed E-state index contributed by atoms with van der Waals surface area (Å²) in [5.74, 6) is 1.84. The number of aromatic nitrogens is 2. The first-order chi connectivity index (χ1) is 9.05. The third-order valence-corrected chi connectivity index (χ3v) is 4.95. The van der Waals surface area contributed by atoms with Crippen molar-refractivity contribution in [2.24, 2.45) is 5.41 Å². The maximum absolute atomic E-state index is 5.88. The molecule has 0 aromatic carbocycles. The number of nitrogen functional groups attached to an aromatic ring is 1. The molecule has 1 fully saturated rings. The first kappa shape index (κ1) is 12.7. The summed E-state index contributed by atoms with van der Waals surface area (Å²) in [6.07, 6.45) is 4.74. The van der Waals surface area contributed by atoms with E-state index in [0.29, 0.717) is 22.9 Å². The quantitative estimate of drug-likeness (QED) is 0.898. The fraction of sp³-hybridized carbons (Fsp3) is 0.571. The van der Waals surface area contributed by atoms with Crippen LogP contribution in [-0.2, 0) is 0 Å². The van der Waals surface area contributed by atoms with Crippen LogP contribution in [0.1, 0.15) is 51.3 Å². The van der Waals surface area contributed by atoms with Crippen molar-refractivity contribution >= 4 is 17.0 Å². The monoisotopic (exact) mass is 277 g/mol. The Kier molecular flexibility index (Phi) is 3.09. The molecular formula is C14H19N3OS. The second-order valence-electron chi connectivity index (χ2n) is 6.10. The van der Waals surface area contributed by atoms with Crippen molar-refractivity contribution in [3.63, 3.8) is 0 Å². The molecule has 0 atom stereocenters. The Balaban J connectivity index is 1.77. The molecule has 102 valence electrons. The highest BCUT2D eigenvalue weighted by Crippen LogP contribution is 2.42. The molecule has 0 spiro atoms. The molecule has 19 heavy (non-hydrogen) atoms. The molecule has 1 aliphatic carbocycles. The standard InChI is InChI=1S/C14H19N3OS/c1-14(2)6-3-9(4-7-14)12-16-13(18-17-12)11-10(15)5-8-19-11/h5,8-9H,3-4,6-7,15H2,1-2H3. The van der Waals surface area contributed by atoms with Crippen LogP contribution in [0.4, 0.5) is 5.69 Å². The first-order valence-electron chi connectivity index (χ1n) is 6.72. The minimum Gasteiger partial charge on any atom is -0.397 e. The number of anilines is 1. The summed E-state index contributed by atoms with van der Waals surface area (Å²) >= 11 is 1.54. The molecule has 0 amide bonds. The third-order valence-electron chi connectivity index (χ3n) is 4.04. The molecule has 2 aromatic heterocycles. The largest absolute Gasteiger partial charge is 0.397 e. The number of nitrogens with two attached hydrogens (primary N) is 1. The number of rotatable bonds is 2. The third kappa shape index (κ3) is 2.52. The SMILES string of the molecule is CC1(C)CCC(c2noc(-c3sccc3N)n2)CC1. The second-order valence-corrected chi connectivity index (χ2v) is 7.02. The van der Waals surface area contributed by atoms with Crippen LogP contribution in [0.15, 0.2) is 16.0 Å². The van der Waals surface area contributed by atoms with Crippen molar-refractivity contribution in [3.05, 3.63) is 17.3 Å². The average molecular weight is 277 g/mol. The Morgan fingerprint density at radius 1 is 1.37 bits per heavy atom. The number of nitrogens with zero attached hydrogens (tertiary/aromatic N) is 2. The number of hydrogen-bond acceptors (Lipinski definition) is 5. The maximum Gasteiger partial charge on any atom is 0.270 e. The lowest BCUT2D eigenvalue weighted by molar-refractivity contribution is 0.218. The minimum atomic E-state index is 0.437. The van der Waals surface area contributed by atoms with Gasteiger partial charge in [0.25, 0.3) is 5.89 Å². The lowest BCUT2D eigenvalue weighted by Gasteiger charge is -2.32. The zero-order valence-corrected chi connectivity index (χ0v) is 12.2. The predicted molar refractivity (Wildman–Crippen MR) is 77.0 cm³/mol. The van der Waals surface area contributed by atoms with E-state index in [0.717, 1.165) is 23.5 Å². The number of thiophene rings is 1. The minimum absolute atomic E-state index is 0.437. The highest BCUT2D eigenvalue weighted by Gasteiger charge is 2.30. The zero-order valence-electron chi connectivity index (χ0n) is 11.3. The molecule has 2 aromatic rings. The normalized spacial score (nSPS) is 19.7. The lowest BCUT2D eigenvalue weighted by Crippen LogP contribution is -2.20. The van der Waals surface area contributed by atoms with Gasteiger partial charge in [0, 0.05) is 5.92 Å². The summed E-state index contributed by atoms with van der Waals surface area (Å²) in [6.45, 7) is 4.66. The number of hydrogen-bond donors (Lipinski definition) is 1. The van der Waals surface area contributed by atoms with E-state index in [9.17, 15) is 0 Å². The molecule has 0 radical (unpaired) electrons. The Morgan fingerprint density at radius 3 is 2.74 bits per heavy atom. The zero-order chi connectivity index (χ0) is 13.5. The summed E-state index contributed by atoms with van der Waals surface area (Å²) < 4.78 is 5.36. The topological polar surface area (TPSA) is 64.9 Å². The molecule has 2 heterocycles. The molecule has 1 aliphatic rings. The molecule has 5 heteroatoms. The molecule has 0 unspecified atom stereocenters. The van der Waals surface area contributed by atoms with Crippen LogP contribution in [0.3, 0.4) is 0 Å². The first-order valence-corrected chi connectivity index (χ1v) is 7.60. The van der Waals surface area contributed by atoms with E-state index in [1.807, 2.05) is 11.4 Å². The summed E-state index contributed by atoms with van der Waals surface area (Å²) in [5.41, 5.74) is 7.05. The average Bonchev–Trinajstić information content (AvgIpc) is 2.97. The van der Waals surface area contributed by atoms with Gasteiger partial charge < -0.3 is 10.3 Å². The molecule has 0 bridgehead atoms. The Labute approximate surface area is 117 Å². The van der Waals surface area contributed by atoms with E-state index in [1.165, 1.54) is 12.8 Å². The van der Waals surface area contributed by atoms with Gasteiger partial charge in [0.15, 0.2) is 5.82 Å². The molecule has 1 saturated carbocycles. The summed E-state index contributed by atoms with van der Waals surface area (Å²) in [4.78, 5) is 5.42. The molecule has 3 rings (SSSR count). The van der Waals surface area contributed by atoms with Crippen LogP contribution >= 0.6 is 11.3 Å². The van der Waals surface area contributed by atoms with Gasteiger partial charge in [-0.15, -0.1) is 11.3 Å². The van der Waals surface area contributed by atoms with E-state index < -0.39 is 0 Å². The van der Waals surface area contributed by atoms with E-state index in [-0.39, 0.29) is 0 Å². The highest BCUT2D eigenvalue weighted by molar-refractivity contribution is 7.14. The fourth-order valence-electron chi connectivity index (χ4n) is 2.64. The van der Waals surface area contributed by atoms with E-state index >= 15 is 0 Å². The Bertz CT molecular complexity index is 563. The van der Waals surface area contributed by atoms with Gasteiger partial charge in [-0.05, 0) is 42.5 Å². The van der Waals surface area contributed by atoms with Crippen LogP contribution in [0, 0.1) is 5.41 Å². The van der Waals surface area contributed by atoms with Crippen LogP contribution in [0.2, 0.25) is 0 Å². The van der Waals surface area contributed by atoms with E-state index in [2.05, 4.69) is 24.0 Å². The van der Waals surface area contributed by atoms with Crippen LogP contribution in [0.5, 0.6) is 0 Å². The van der Waals surface area contributed by atoms with Crippen LogP contribution < -0.4 is 5.73 Å². The summed E-state index contributed by atoms with van der Waals surface area (Å²) in [5, 5.41) is 6.09. The Hall–Kier alpha value is -1.36. The Morgan fingerprint density at radius 2 is 2.11 bits per heavy atom. The highest BCUT2D eigenvalue weighted by atomic mass is 32.1. The van der Waals surface area contributed by atoms with Crippen molar-refractivity contribution < 1.29 is 4.52 Å². The molecular weight excluding hydrogens is 258 g/mol. The van der Waals surface area contributed by atoms with Crippen molar-refractivity contribution in [3.8, 4) is 10.8 Å². The van der Waals surface area contributed by atoms with E-state index in [4.69, 9.17) is 10.3 Å². The van der Waals surface area contributed by atoms with Gasteiger partial charge in [-0.2, -0.15) is 4.98 Å². The van der Waals surface area contributed by atoms with Gasteiger partial charge in [-0.3, -0.25) is 0 Å². The van der Waals surface area contributed by atoms with Crippen LogP contribution in [-0.4, -0.2) is 10.1 Å². The lowest BCUT2D eigenvalue weighted by atomic mass is 9.73. The van der Waals surface area contributed by atoms with Gasteiger partial charge >= 0.3 is 0 Å². The molecule has 0 saturated heterocycles. The van der Waals surface area contributed by atoms with Crippen molar-refractivity contribution in [1.82, 2.24) is 10.1 Å². The maximum atomic E-state index is 5.88. The van der Waals surface area contributed by atoms with Crippen LogP contribution in [0.25, 0.3) is 10.8 Å². The van der Waals surface area contributed by atoms with Crippen molar-refractivity contribution in [2.45, 2.75) is 45.4 Å². The van der Waals surface area contributed by atoms with Crippen molar-refractivity contribution in [1.29, 1.82) is 0 Å². The van der Waals surface area contributed by atoms with Gasteiger partial charge in [-0.1, -0.05) is 19.0 Å². The molecule has 0 aliphatic heterocycles. The fourth-order valence-corrected chi connectivity index (χ4v) is 3.38. The van der Waals surface area contributed by atoms with Crippen molar-refractivity contribution in [2.75, 3.05) is 5.73 Å². The van der Waals surface area contributed by atoms with Gasteiger partial charge in [0.05, 0.1) is 5.69 Å². The van der Waals surface area contributed by atoms with Gasteiger partial charge in [0.2, 0.25) is 0 Å². The predicted octanol–water partition coefficient (Wildman–Crippen LogP) is 4.06. The smallest absolute Gasteiger partial charge is 0.270 e.